The molecule has 2 aliphatic rings. The van der Waals surface area contributed by atoms with E-state index in [1.54, 1.807) is 0 Å². The van der Waals surface area contributed by atoms with Crippen LogP contribution in [0.1, 0.15) is 24.4 Å². The fraction of sp³-hybridized carbons (Fsp3) is 0.385. The Morgan fingerprint density at radius 1 is 1.20 bits per heavy atom. The van der Waals surface area contributed by atoms with Crippen LogP contribution in [0.4, 0.5) is 18.0 Å². The van der Waals surface area contributed by atoms with Gasteiger partial charge in [0.1, 0.15) is 17.7 Å². The summed E-state index contributed by atoms with van der Waals surface area (Å²) in [5, 5.41) is 0. The van der Waals surface area contributed by atoms with Gasteiger partial charge in [-0.1, -0.05) is 0 Å². The van der Waals surface area contributed by atoms with Gasteiger partial charge >= 0.3 is 6.03 Å². The van der Waals surface area contributed by atoms with Gasteiger partial charge in [-0.2, -0.15) is 4.99 Å². The summed E-state index contributed by atoms with van der Waals surface area (Å²) < 4.78 is 40.1. The van der Waals surface area contributed by atoms with Gasteiger partial charge in [0.05, 0.1) is 0 Å². The smallest absolute Gasteiger partial charge is 0.346 e. The van der Waals surface area contributed by atoms with Crippen molar-refractivity contribution >= 4 is 11.9 Å². The van der Waals surface area contributed by atoms with E-state index in [0.29, 0.717) is 18.5 Å². The molecule has 0 spiro atoms. The van der Waals surface area contributed by atoms with Gasteiger partial charge in [0.25, 0.3) is 0 Å². The topological polar surface area (TPSA) is 58.7 Å². The van der Waals surface area contributed by atoms with Gasteiger partial charge in [-0.15, -0.1) is 0 Å². The van der Waals surface area contributed by atoms with E-state index >= 15 is 0 Å². The van der Waals surface area contributed by atoms with Crippen molar-refractivity contribution in [1.29, 1.82) is 0 Å². The van der Waals surface area contributed by atoms with Crippen LogP contribution in [0, 0.1) is 23.4 Å². The maximum atomic E-state index is 13.9. The standard InChI is InChI=1S/C13H12F3N3O/c14-8-4-10(16)9(15)3-7(8)11-12(17)18-13(20)19(11)5-6-1-2-6/h3-4,6,11H,1-2,5H2,(H2,17,18,20). The second kappa shape index (κ2) is 4.50. The molecule has 1 unspecified atom stereocenters. The number of carbonyl (C=O) groups is 1. The molecule has 1 aromatic rings. The summed E-state index contributed by atoms with van der Waals surface area (Å²) >= 11 is 0. The molecule has 1 aliphatic carbocycles. The predicted octanol–water partition coefficient (Wildman–Crippen LogP) is 2.35. The van der Waals surface area contributed by atoms with Crippen molar-refractivity contribution in [2.75, 3.05) is 6.54 Å². The SMILES string of the molecule is NC1=NC(=O)N(CC2CC2)C1c1cc(F)c(F)cc1F. The lowest BCUT2D eigenvalue weighted by Crippen LogP contribution is -2.35. The number of hydrogen-bond acceptors (Lipinski definition) is 2. The normalized spacial score (nSPS) is 22.4. The molecule has 1 saturated carbocycles. The van der Waals surface area contributed by atoms with Crippen molar-refractivity contribution in [3.63, 3.8) is 0 Å². The van der Waals surface area contributed by atoms with Crippen molar-refractivity contribution in [2.45, 2.75) is 18.9 Å². The highest BCUT2D eigenvalue weighted by molar-refractivity contribution is 6.03. The first-order valence-electron chi connectivity index (χ1n) is 6.26. The second-order valence-corrected chi connectivity index (χ2v) is 5.11. The first-order valence-corrected chi connectivity index (χ1v) is 6.26. The Labute approximate surface area is 113 Å². The summed E-state index contributed by atoms with van der Waals surface area (Å²) in [5.41, 5.74) is 5.48. The Bertz CT molecular complexity index is 613. The number of amides is 2. The number of benzene rings is 1. The maximum absolute atomic E-state index is 13.9. The summed E-state index contributed by atoms with van der Waals surface area (Å²) in [6.07, 6.45) is 1.97. The highest BCUT2D eigenvalue weighted by Gasteiger charge is 2.39. The predicted molar refractivity (Wildman–Crippen MR) is 65.5 cm³/mol. The number of rotatable bonds is 3. The molecule has 1 fully saturated rings. The van der Waals surface area contributed by atoms with Crippen LogP contribution in [-0.2, 0) is 0 Å². The fourth-order valence-corrected chi connectivity index (χ4v) is 2.34. The molecule has 2 N–H and O–H groups in total. The first-order chi connectivity index (χ1) is 9.47. The van der Waals surface area contributed by atoms with E-state index in [4.69, 9.17) is 5.73 Å². The molecule has 1 aliphatic heterocycles. The molecule has 1 heterocycles. The van der Waals surface area contributed by atoms with Gasteiger partial charge in [0.15, 0.2) is 11.6 Å². The first kappa shape index (κ1) is 13.0. The third-order valence-electron chi connectivity index (χ3n) is 3.55. The zero-order valence-corrected chi connectivity index (χ0v) is 10.4. The van der Waals surface area contributed by atoms with Gasteiger partial charge in [-0.3, -0.25) is 0 Å². The Morgan fingerprint density at radius 2 is 1.85 bits per heavy atom. The van der Waals surface area contributed by atoms with Gasteiger partial charge in [0.2, 0.25) is 0 Å². The maximum Gasteiger partial charge on any atom is 0.346 e. The molecular formula is C13H12F3N3O. The lowest BCUT2D eigenvalue weighted by Gasteiger charge is -2.24. The fourth-order valence-electron chi connectivity index (χ4n) is 2.34. The largest absolute Gasteiger partial charge is 0.385 e. The number of amidine groups is 1. The Morgan fingerprint density at radius 3 is 2.50 bits per heavy atom. The molecule has 1 aromatic carbocycles. The number of urea groups is 1. The average Bonchev–Trinajstić information content (AvgIpc) is 3.13. The van der Waals surface area contributed by atoms with Crippen LogP contribution in [0.25, 0.3) is 0 Å². The van der Waals surface area contributed by atoms with E-state index < -0.39 is 29.5 Å². The van der Waals surface area contributed by atoms with Crippen molar-refractivity contribution in [3.05, 3.63) is 35.1 Å². The van der Waals surface area contributed by atoms with E-state index in [-0.39, 0.29) is 11.4 Å². The summed E-state index contributed by atoms with van der Waals surface area (Å²) in [7, 11) is 0. The average molecular weight is 283 g/mol. The Balaban J connectivity index is 1.99. The molecule has 0 radical (unpaired) electrons. The minimum atomic E-state index is -1.28. The number of nitrogens with two attached hydrogens (primary N) is 1. The summed E-state index contributed by atoms with van der Waals surface area (Å²) in [6.45, 7) is 0.395. The molecular weight excluding hydrogens is 271 g/mol. The van der Waals surface area contributed by atoms with Crippen LogP contribution in [0.3, 0.4) is 0 Å². The minimum Gasteiger partial charge on any atom is -0.385 e. The Hall–Kier alpha value is -2.05. The second-order valence-electron chi connectivity index (χ2n) is 5.11. The monoisotopic (exact) mass is 283 g/mol. The lowest BCUT2D eigenvalue weighted by molar-refractivity contribution is 0.203. The minimum absolute atomic E-state index is 0.0967. The Kier molecular flexibility index (Phi) is 2.92. The third-order valence-corrected chi connectivity index (χ3v) is 3.55. The number of aliphatic imine (C=N–C) groups is 1. The van der Waals surface area contributed by atoms with Crippen LogP contribution >= 0.6 is 0 Å². The van der Waals surface area contributed by atoms with E-state index in [1.807, 2.05) is 0 Å². The van der Waals surface area contributed by atoms with Gasteiger partial charge in [0, 0.05) is 18.2 Å². The molecule has 0 saturated heterocycles. The van der Waals surface area contributed by atoms with Crippen molar-refractivity contribution in [2.24, 2.45) is 16.6 Å². The number of halogens is 3. The van der Waals surface area contributed by atoms with E-state index in [9.17, 15) is 18.0 Å². The van der Waals surface area contributed by atoms with E-state index in [0.717, 1.165) is 18.9 Å². The van der Waals surface area contributed by atoms with Crippen molar-refractivity contribution < 1.29 is 18.0 Å². The van der Waals surface area contributed by atoms with Crippen LogP contribution in [-0.4, -0.2) is 23.3 Å². The summed E-state index contributed by atoms with van der Waals surface area (Å²) in [4.78, 5) is 16.7. The molecule has 4 nitrogen and oxygen atoms in total. The molecule has 2 amide bonds. The van der Waals surface area contributed by atoms with E-state index in [1.165, 1.54) is 4.90 Å². The van der Waals surface area contributed by atoms with Crippen LogP contribution in [0.2, 0.25) is 0 Å². The highest BCUT2D eigenvalue weighted by Crippen LogP contribution is 2.36. The number of carbonyl (C=O) groups excluding carboxylic acids is 1. The summed E-state index contributed by atoms with van der Waals surface area (Å²) in [5.74, 6) is -3.15. The lowest BCUT2D eigenvalue weighted by atomic mass is 10.0. The molecule has 1 atom stereocenters. The summed E-state index contributed by atoms with van der Waals surface area (Å²) in [6, 6.07) is -0.339. The van der Waals surface area contributed by atoms with E-state index in [2.05, 4.69) is 4.99 Å². The van der Waals surface area contributed by atoms with Crippen LogP contribution < -0.4 is 5.73 Å². The van der Waals surface area contributed by atoms with Crippen molar-refractivity contribution in [1.82, 2.24) is 4.90 Å². The van der Waals surface area contributed by atoms with Gasteiger partial charge in [-0.25, -0.2) is 18.0 Å². The molecule has 3 rings (SSSR count). The van der Waals surface area contributed by atoms with Crippen molar-refractivity contribution in [3.8, 4) is 0 Å². The highest BCUT2D eigenvalue weighted by atomic mass is 19.2. The van der Waals surface area contributed by atoms with Crippen LogP contribution in [0.15, 0.2) is 17.1 Å². The zero-order chi connectivity index (χ0) is 14.4. The number of nitrogens with zero attached hydrogens (tertiary/aromatic N) is 2. The van der Waals surface area contributed by atoms with Gasteiger partial charge < -0.3 is 10.6 Å². The quantitative estimate of drug-likeness (QED) is 0.866. The van der Waals surface area contributed by atoms with Gasteiger partial charge in [-0.05, 0) is 24.8 Å². The molecule has 0 aromatic heterocycles. The zero-order valence-electron chi connectivity index (χ0n) is 10.4. The van der Waals surface area contributed by atoms with Crippen LogP contribution in [0.5, 0.6) is 0 Å². The number of hydrogen-bond donors (Lipinski definition) is 1. The molecule has 7 heteroatoms. The molecule has 0 bridgehead atoms. The molecule has 20 heavy (non-hydrogen) atoms. The molecule has 106 valence electrons. The third kappa shape index (κ3) is 2.13.